The van der Waals surface area contributed by atoms with Crippen LogP contribution in [0, 0.1) is 11.8 Å². The standard InChI is InChI=1S/C14H23F3N2O.ClH/c15-14(16,17)10-4-2-6-12(8-10)19-13(20)9-3-1-5-11(18)7-9;/h9-12H,1-8,18H2,(H,19,20);1H. The van der Waals surface area contributed by atoms with E-state index in [1.165, 1.54) is 0 Å². The fraction of sp³-hybridized carbons (Fsp3) is 0.929. The SMILES string of the molecule is Cl.NC1CCCC(C(=O)NC2CCCC(C(F)(F)F)C2)C1. The highest BCUT2D eigenvalue weighted by Gasteiger charge is 2.42. The minimum absolute atomic E-state index is 0. The molecule has 0 aromatic rings. The first-order chi connectivity index (χ1) is 9.36. The average molecular weight is 329 g/mol. The number of rotatable bonds is 2. The van der Waals surface area contributed by atoms with Gasteiger partial charge in [-0.05, 0) is 38.5 Å². The van der Waals surface area contributed by atoms with Crippen LogP contribution in [0.25, 0.3) is 0 Å². The lowest BCUT2D eigenvalue weighted by Crippen LogP contribution is -2.45. The number of nitrogens with one attached hydrogen (secondary N) is 1. The van der Waals surface area contributed by atoms with Crippen molar-refractivity contribution in [2.45, 2.75) is 69.6 Å². The summed E-state index contributed by atoms with van der Waals surface area (Å²) in [6, 6.07) is -0.283. The van der Waals surface area contributed by atoms with E-state index in [9.17, 15) is 18.0 Å². The lowest BCUT2D eigenvalue weighted by molar-refractivity contribution is -0.184. The van der Waals surface area contributed by atoms with Gasteiger partial charge in [0, 0.05) is 18.0 Å². The minimum Gasteiger partial charge on any atom is -0.353 e. The van der Waals surface area contributed by atoms with Crippen molar-refractivity contribution in [1.82, 2.24) is 5.32 Å². The molecular formula is C14H24ClF3N2O. The Hall–Kier alpha value is -0.490. The highest BCUT2D eigenvalue weighted by atomic mass is 35.5. The van der Waals surface area contributed by atoms with Crippen LogP contribution in [-0.4, -0.2) is 24.2 Å². The van der Waals surface area contributed by atoms with Gasteiger partial charge in [-0.1, -0.05) is 12.8 Å². The Kier molecular flexibility index (Phi) is 6.78. The van der Waals surface area contributed by atoms with E-state index in [1.54, 1.807) is 0 Å². The number of amides is 1. The van der Waals surface area contributed by atoms with Crippen LogP contribution < -0.4 is 11.1 Å². The van der Waals surface area contributed by atoms with Crippen LogP contribution in [0.2, 0.25) is 0 Å². The monoisotopic (exact) mass is 328 g/mol. The van der Waals surface area contributed by atoms with E-state index in [1.807, 2.05) is 0 Å². The molecule has 2 rings (SSSR count). The first kappa shape index (κ1) is 18.6. The van der Waals surface area contributed by atoms with Crippen molar-refractivity contribution in [3.63, 3.8) is 0 Å². The number of nitrogens with two attached hydrogens (primary N) is 1. The molecule has 7 heteroatoms. The zero-order valence-electron chi connectivity index (χ0n) is 12.0. The molecule has 21 heavy (non-hydrogen) atoms. The highest BCUT2D eigenvalue weighted by Crippen LogP contribution is 2.37. The quantitative estimate of drug-likeness (QED) is 0.818. The fourth-order valence-corrected chi connectivity index (χ4v) is 3.40. The van der Waals surface area contributed by atoms with Crippen molar-refractivity contribution in [1.29, 1.82) is 0 Å². The molecule has 1 amide bonds. The summed E-state index contributed by atoms with van der Waals surface area (Å²) >= 11 is 0. The van der Waals surface area contributed by atoms with Gasteiger partial charge in [-0.3, -0.25) is 4.79 Å². The van der Waals surface area contributed by atoms with Gasteiger partial charge in [-0.2, -0.15) is 13.2 Å². The molecule has 0 aromatic carbocycles. The number of alkyl halides is 3. The average Bonchev–Trinajstić information content (AvgIpc) is 2.38. The number of hydrogen-bond donors (Lipinski definition) is 2. The number of hydrogen-bond acceptors (Lipinski definition) is 2. The Morgan fingerprint density at radius 1 is 1.05 bits per heavy atom. The summed E-state index contributed by atoms with van der Waals surface area (Å²) in [6.45, 7) is 0. The van der Waals surface area contributed by atoms with Gasteiger partial charge in [0.1, 0.15) is 0 Å². The van der Waals surface area contributed by atoms with Crippen molar-refractivity contribution in [2.75, 3.05) is 0 Å². The zero-order valence-corrected chi connectivity index (χ0v) is 12.8. The Bertz CT molecular complexity index is 352. The van der Waals surface area contributed by atoms with Crippen LogP contribution in [0.5, 0.6) is 0 Å². The number of halogens is 4. The predicted octanol–water partition coefficient (Wildman–Crippen LogP) is 3.16. The van der Waals surface area contributed by atoms with Gasteiger partial charge in [-0.25, -0.2) is 0 Å². The molecule has 2 fully saturated rings. The lowest BCUT2D eigenvalue weighted by atomic mass is 9.83. The lowest BCUT2D eigenvalue weighted by Gasteiger charge is -2.33. The van der Waals surface area contributed by atoms with E-state index in [2.05, 4.69) is 5.32 Å². The molecule has 0 heterocycles. The van der Waals surface area contributed by atoms with E-state index in [4.69, 9.17) is 5.73 Å². The van der Waals surface area contributed by atoms with Crippen LogP contribution in [0.4, 0.5) is 13.2 Å². The van der Waals surface area contributed by atoms with Gasteiger partial charge < -0.3 is 11.1 Å². The first-order valence-electron chi connectivity index (χ1n) is 7.49. The van der Waals surface area contributed by atoms with Gasteiger partial charge in [-0.15, -0.1) is 12.4 Å². The molecular weight excluding hydrogens is 305 g/mol. The Morgan fingerprint density at radius 2 is 1.71 bits per heavy atom. The summed E-state index contributed by atoms with van der Waals surface area (Å²) in [6.07, 6.45) is 0.555. The van der Waals surface area contributed by atoms with E-state index < -0.39 is 12.1 Å². The molecule has 124 valence electrons. The summed E-state index contributed by atoms with van der Waals surface area (Å²) in [5.74, 6) is -1.49. The highest BCUT2D eigenvalue weighted by molar-refractivity contribution is 5.85. The summed E-state index contributed by atoms with van der Waals surface area (Å²) in [7, 11) is 0. The molecule has 0 aliphatic heterocycles. The largest absolute Gasteiger partial charge is 0.391 e. The van der Waals surface area contributed by atoms with Crippen LogP contribution >= 0.6 is 12.4 Å². The molecule has 0 radical (unpaired) electrons. The second-order valence-electron chi connectivity index (χ2n) is 6.23. The first-order valence-corrected chi connectivity index (χ1v) is 7.49. The van der Waals surface area contributed by atoms with E-state index in [-0.39, 0.29) is 49.2 Å². The summed E-state index contributed by atoms with van der Waals surface area (Å²) < 4.78 is 38.2. The van der Waals surface area contributed by atoms with E-state index >= 15 is 0 Å². The normalized spacial score (nSPS) is 33.9. The molecule has 0 aromatic heterocycles. The maximum atomic E-state index is 12.7. The Balaban J connectivity index is 0.00000220. The van der Waals surface area contributed by atoms with E-state index in [0.29, 0.717) is 19.3 Å². The van der Waals surface area contributed by atoms with Gasteiger partial charge in [0.05, 0.1) is 5.92 Å². The van der Waals surface area contributed by atoms with Crippen molar-refractivity contribution >= 4 is 18.3 Å². The number of carbonyl (C=O) groups is 1. The van der Waals surface area contributed by atoms with Crippen molar-refractivity contribution in [3.8, 4) is 0 Å². The second kappa shape index (κ2) is 7.68. The van der Waals surface area contributed by atoms with E-state index in [0.717, 1.165) is 19.3 Å². The zero-order chi connectivity index (χ0) is 14.8. The summed E-state index contributed by atoms with van der Waals surface area (Å²) in [4.78, 5) is 12.1. The Morgan fingerprint density at radius 3 is 2.33 bits per heavy atom. The molecule has 2 aliphatic rings. The third-order valence-corrected chi connectivity index (χ3v) is 4.57. The van der Waals surface area contributed by atoms with Crippen LogP contribution in [0.3, 0.4) is 0 Å². The maximum absolute atomic E-state index is 12.7. The topological polar surface area (TPSA) is 55.1 Å². The maximum Gasteiger partial charge on any atom is 0.391 e. The number of carbonyl (C=O) groups excluding carboxylic acids is 1. The molecule has 3 nitrogen and oxygen atoms in total. The molecule has 0 saturated heterocycles. The molecule has 2 saturated carbocycles. The van der Waals surface area contributed by atoms with Gasteiger partial charge in [0.25, 0.3) is 0 Å². The summed E-state index contributed by atoms with van der Waals surface area (Å²) in [5.41, 5.74) is 5.85. The van der Waals surface area contributed by atoms with Gasteiger partial charge in [0.15, 0.2) is 0 Å². The molecule has 4 unspecified atom stereocenters. The molecule has 3 N–H and O–H groups in total. The summed E-state index contributed by atoms with van der Waals surface area (Å²) in [5, 5.41) is 2.82. The van der Waals surface area contributed by atoms with Crippen molar-refractivity contribution in [2.24, 2.45) is 17.6 Å². The molecule has 0 bridgehead atoms. The fourth-order valence-electron chi connectivity index (χ4n) is 3.40. The smallest absolute Gasteiger partial charge is 0.353 e. The van der Waals surface area contributed by atoms with Crippen LogP contribution in [-0.2, 0) is 4.79 Å². The van der Waals surface area contributed by atoms with Crippen molar-refractivity contribution < 1.29 is 18.0 Å². The van der Waals surface area contributed by atoms with Crippen LogP contribution in [0.1, 0.15) is 51.4 Å². The third-order valence-electron chi connectivity index (χ3n) is 4.57. The van der Waals surface area contributed by atoms with Gasteiger partial charge >= 0.3 is 6.18 Å². The van der Waals surface area contributed by atoms with Crippen molar-refractivity contribution in [3.05, 3.63) is 0 Å². The predicted molar refractivity (Wildman–Crippen MR) is 77.1 cm³/mol. The Labute approximate surface area is 129 Å². The third kappa shape index (κ3) is 5.33. The molecule has 0 spiro atoms. The van der Waals surface area contributed by atoms with Gasteiger partial charge in [0.2, 0.25) is 5.91 Å². The minimum atomic E-state index is -4.14. The second-order valence-corrected chi connectivity index (χ2v) is 6.23. The van der Waals surface area contributed by atoms with Crippen LogP contribution in [0.15, 0.2) is 0 Å². The molecule has 4 atom stereocenters. The molecule has 2 aliphatic carbocycles.